The minimum absolute atomic E-state index is 0.135. The molecular weight excluding hydrogens is 287 g/mol. The molecule has 0 bridgehead atoms. The first-order valence-corrected chi connectivity index (χ1v) is 8.01. The van der Waals surface area contributed by atoms with E-state index in [-0.39, 0.29) is 18.7 Å². The number of aliphatic carboxylic acids is 1. The van der Waals surface area contributed by atoms with Crippen LogP contribution in [-0.4, -0.2) is 46.7 Å². The van der Waals surface area contributed by atoms with Gasteiger partial charge in [-0.1, -0.05) is 19.3 Å². The molecule has 1 saturated heterocycles. The van der Waals surface area contributed by atoms with E-state index in [1.807, 2.05) is 0 Å². The van der Waals surface area contributed by atoms with Gasteiger partial charge in [-0.05, 0) is 25.7 Å². The number of carbonyl (C=O) groups is 2. The Labute approximate surface area is 130 Å². The van der Waals surface area contributed by atoms with Gasteiger partial charge in [-0.3, -0.25) is 9.59 Å². The van der Waals surface area contributed by atoms with E-state index in [1.165, 1.54) is 6.42 Å². The normalized spacial score (nSPS) is 28.2. The smallest absolute Gasteiger partial charge is 0.478 e. The molecule has 1 heterocycles. The summed E-state index contributed by atoms with van der Waals surface area (Å²) in [6.45, 7) is 0. The first kappa shape index (κ1) is 17.2. The Balaban J connectivity index is 1.78. The predicted octanol–water partition coefficient (Wildman–Crippen LogP) is 0.196. The van der Waals surface area contributed by atoms with Gasteiger partial charge in [0, 0.05) is 12.0 Å². The topological polar surface area (TPSA) is 122 Å². The second-order valence-electron chi connectivity index (χ2n) is 6.60. The molecule has 5 N–H and O–H groups in total. The minimum atomic E-state index is -1.16. The Hall–Kier alpha value is -1.12. The average molecular weight is 312 g/mol. The summed E-state index contributed by atoms with van der Waals surface area (Å²) in [5.41, 5.74) is 5.82. The number of amides is 1. The number of carbonyl (C=O) groups excluding carboxylic acids is 1. The third kappa shape index (κ3) is 4.96. The molecule has 1 saturated carbocycles. The summed E-state index contributed by atoms with van der Waals surface area (Å²) >= 11 is 0. The van der Waals surface area contributed by atoms with Crippen molar-refractivity contribution >= 4 is 19.0 Å². The molecule has 0 aromatic rings. The Bertz CT molecular complexity index is 414. The molecule has 0 aromatic heterocycles. The van der Waals surface area contributed by atoms with Crippen molar-refractivity contribution in [3.05, 3.63) is 0 Å². The van der Waals surface area contributed by atoms with Crippen LogP contribution in [0, 0.1) is 0 Å². The summed E-state index contributed by atoms with van der Waals surface area (Å²) in [6.07, 6.45) is 5.60. The summed E-state index contributed by atoms with van der Waals surface area (Å²) < 4.78 is 5.25. The van der Waals surface area contributed by atoms with E-state index < -0.39 is 30.7 Å². The lowest BCUT2D eigenvalue weighted by Gasteiger charge is -2.35. The summed E-state index contributed by atoms with van der Waals surface area (Å²) in [5, 5.41) is 21.4. The van der Waals surface area contributed by atoms with Crippen molar-refractivity contribution in [1.29, 1.82) is 0 Å². The van der Waals surface area contributed by atoms with Gasteiger partial charge in [-0.25, -0.2) is 0 Å². The third-order valence-electron chi connectivity index (χ3n) is 4.59. The zero-order chi connectivity index (χ0) is 16.2. The van der Waals surface area contributed by atoms with Gasteiger partial charge in [0.15, 0.2) is 0 Å². The van der Waals surface area contributed by atoms with Crippen LogP contribution in [0.2, 0.25) is 0 Å². The van der Waals surface area contributed by atoms with Gasteiger partial charge in [-0.2, -0.15) is 0 Å². The highest BCUT2D eigenvalue weighted by Gasteiger charge is 2.38. The van der Waals surface area contributed by atoms with Gasteiger partial charge in [0.25, 0.3) is 0 Å². The molecule has 0 spiro atoms. The van der Waals surface area contributed by atoms with Crippen molar-refractivity contribution in [3.63, 3.8) is 0 Å². The summed E-state index contributed by atoms with van der Waals surface area (Å²) in [6, 6.07) is 0. The summed E-state index contributed by atoms with van der Waals surface area (Å²) in [5.74, 6) is -1.62. The molecule has 2 rings (SSSR count). The fourth-order valence-electron chi connectivity index (χ4n) is 3.37. The van der Waals surface area contributed by atoms with Crippen molar-refractivity contribution in [2.45, 2.75) is 75.4 Å². The van der Waals surface area contributed by atoms with E-state index in [9.17, 15) is 14.6 Å². The van der Waals surface area contributed by atoms with Gasteiger partial charge >= 0.3 is 13.1 Å². The number of rotatable bonds is 5. The Kier molecular flexibility index (Phi) is 5.83. The molecule has 1 aliphatic heterocycles. The summed E-state index contributed by atoms with van der Waals surface area (Å²) in [4.78, 5) is 22.8. The van der Waals surface area contributed by atoms with Gasteiger partial charge in [0.05, 0.1) is 18.5 Å². The van der Waals surface area contributed by atoms with Gasteiger partial charge in [0.1, 0.15) is 0 Å². The van der Waals surface area contributed by atoms with Crippen LogP contribution in [0.3, 0.4) is 0 Å². The van der Waals surface area contributed by atoms with Crippen LogP contribution in [0.5, 0.6) is 0 Å². The van der Waals surface area contributed by atoms with Crippen molar-refractivity contribution in [2.24, 2.45) is 5.73 Å². The second-order valence-corrected chi connectivity index (χ2v) is 6.60. The third-order valence-corrected chi connectivity index (χ3v) is 4.59. The van der Waals surface area contributed by atoms with Crippen molar-refractivity contribution in [3.8, 4) is 0 Å². The van der Waals surface area contributed by atoms with Crippen LogP contribution in [0.1, 0.15) is 57.8 Å². The van der Waals surface area contributed by atoms with Crippen molar-refractivity contribution < 1.29 is 24.4 Å². The van der Waals surface area contributed by atoms with Crippen LogP contribution in [0.4, 0.5) is 0 Å². The van der Waals surface area contributed by atoms with E-state index in [1.54, 1.807) is 0 Å². The number of nitrogens with one attached hydrogen (secondary N) is 1. The fraction of sp³-hybridized carbons (Fsp3) is 0.857. The standard InChI is InChI=1S/C14H25BN2O5/c16-14(6-2-1-3-7-14)9-12(18)17-11-5-4-10(8-13(19)20)22-15(11)21/h10-11,21H,1-9,16H2,(H,17,18)(H,19,20)/t10-,11-/m0/s1. The van der Waals surface area contributed by atoms with Crippen LogP contribution >= 0.6 is 0 Å². The Morgan fingerprint density at radius 2 is 1.95 bits per heavy atom. The fourth-order valence-corrected chi connectivity index (χ4v) is 3.37. The monoisotopic (exact) mass is 312 g/mol. The molecule has 8 heteroatoms. The number of hydrogen-bond acceptors (Lipinski definition) is 5. The second kappa shape index (κ2) is 7.43. The zero-order valence-corrected chi connectivity index (χ0v) is 12.8. The molecule has 2 aliphatic rings. The Morgan fingerprint density at radius 1 is 1.27 bits per heavy atom. The van der Waals surface area contributed by atoms with Gasteiger partial charge < -0.3 is 25.8 Å². The Morgan fingerprint density at radius 3 is 2.55 bits per heavy atom. The van der Waals surface area contributed by atoms with Gasteiger partial charge in [0.2, 0.25) is 5.91 Å². The van der Waals surface area contributed by atoms with Crippen LogP contribution < -0.4 is 11.1 Å². The number of nitrogens with two attached hydrogens (primary N) is 1. The lowest BCUT2D eigenvalue weighted by Crippen LogP contribution is -2.55. The minimum Gasteiger partial charge on any atom is -0.481 e. The maximum absolute atomic E-state index is 12.1. The predicted molar refractivity (Wildman–Crippen MR) is 80.9 cm³/mol. The van der Waals surface area contributed by atoms with E-state index in [0.29, 0.717) is 12.8 Å². The highest BCUT2D eigenvalue weighted by molar-refractivity contribution is 6.45. The number of carboxylic acid groups (broad SMARTS) is 1. The van der Waals surface area contributed by atoms with E-state index >= 15 is 0 Å². The molecule has 7 nitrogen and oxygen atoms in total. The lowest BCUT2D eigenvalue weighted by atomic mass is 9.72. The first-order valence-electron chi connectivity index (χ1n) is 8.01. The number of hydrogen-bond donors (Lipinski definition) is 4. The zero-order valence-electron chi connectivity index (χ0n) is 12.8. The average Bonchev–Trinajstić information content (AvgIpc) is 2.41. The van der Waals surface area contributed by atoms with Crippen LogP contribution in [0.15, 0.2) is 0 Å². The SMILES string of the molecule is NC1(CC(=O)N[C@H]2CC[C@@H](CC(=O)O)OB2O)CCCCC1. The molecule has 0 aromatic carbocycles. The lowest BCUT2D eigenvalue weighted by molar-refractivity contribution is -0.139. The molecule has 2 fully saturated rings. The highest BCUT2D eigenvalue weighted by atomic mass is 16.5. The molecule has 124 valence electrons. The highest BCUT2D eigenvalue weighted by Crippen LogP contribution is 2.28. The van der Waals surface area contributed by atoms with E-state index in [4.69, 9.17) is 15.5 Å². The quantitative estimate of drug-likeness (QED) is 0.538. The summed E-state index contributed by atoms with van der Waals surface area (Å²) in [7, 11) is -1.16. The van der Waals surface area contributed by atoms with E-state index in [0.717, 1.165) is 25.7 Å². The molecule has 0 unspecified atom stereocenters. The largest absolute Gasteiger partial charge is 0.481 e. The first-order chi connectivity index (χ1) is 10.4. The van der Waals surface area contributed by atoms with Crippen LogP contribution in [0.25, 0.3) is 0 Å². The van der Waals surface area contributed by atoms with Crippen LogP contribution in [-0.2, 0) is 14.2 Å². The van der Waals surface area contributed by atoms with Crippen molar-refractivity contribution in [2.75, 3.05) is 0 Å². The van der Waals surface area contributed by atoms with E-state index in [2.05, 4.69) is 5.32 Å². The molecule has 0 radical (unpaired) electrons. The molecule has 1 aliphatic carbocycles. The molecular formula is C14H25BN2O5. The maximum atomic E-state index is 12.1. The van der Waals surface area contributed by atoms with Gasteiger partial charge in [-0.15, -0.1) is 0 Å². The molecule has 2 atom stereocenters. The molecule has 22 heavy (non-hydrogen) atoms. The number of carboxylic acids is 1. The maximum Gasteiger partial charge on any atom is 0.478 e. The molecule has 1 amide bonds. The van der Waals surface area contributed by atoms with Crippen molar-refractivity contribution in [1.82, 2.24) is 5.32 Å².